The highest BCUT2D eigenvalue weighted by molar-refractivity contribution is 5.80. The Morgan fingerprint density at radius 2 is 2.19 bits per heavy atom. The highest BCUT2D eigenvalue weighted by atomic mass is 16.5. The van der Waals surface area contributed by atoms with Crippen molar-refractivity contribution >= 4 is 16.9 Å². The maximum absolute atomic E-state index is 12.3. The van der Waals surface area contributed by atoms with Gasteiger partial charge in [-0.3, -0.25) is 4.79 Å². The maximum atomic E-state index is 12.3. The Kier molecular flexibility index (Phi) is 3.45. The predicted octanol–water partition coefficient (Wildman–Crippen LogP) is 1.96. The number of nitrogens with zero attached hydrogens (tertiary/aromatic N) is 2. The second kappa shape index (κ2) is 5.15. The Bertz CT molecular complexity index is 669. The van der Waals surface area contributed by atoms with Crippen molar-refractivity contribution in [2.24, 2.45) is 13.0 Å². The third-order valence-corrected chi connectivity index (χ3v) is 4.08. The number of ether oxygens (including phenoxy) is 1. The van der Waals surface area contributed by atoms with Crippen LogP contribution in [-0.2, 0) is 22.1 Å². The standard InChI is InChI=1S/C16H21N3O2/c1-16(2,18-14(20)11-8-9-21-10-11)15-17-12-6-4-5-7-13(12)19(15)3/h4-7,11H,8-10H2,1-3H3,(H,18,20). The Balaban J connectivity index is 1.88. The summed E-state index contributed by atoms with van der Waals surface area (Å²) in [6, 6.07) is 7.99. The normalized spacial score (nSPS) is 19.1. The lowest BCUT2D eigenvalue weighted by Crippen LogP contribution is -2.45. The van der Waals surface area contributed by atoms with Crippen molar-refractivity contribution < 1.29 is 9.53 Å². The van der Waals surface area contributed by atoms with E-state index in [9.17, 15) is 4.79 Å². The number of hydrogen-bond donors (Lipinski definition) is 1. The van der Waals surface area contributed by atoms with E-state index in [4.69, 9.17) is 4.74 Å². The molecule has 1 aliphatic rings. The zero-order valence-electron chi connectivity index (χ0n) is 12.7. The molecule has 1 unspecified atom stereocenters. The number of amides is 1. The van der Waals surface area contributed by atoms with Gasteiger partial charge in [0.15, 0.2) is 0 Å². The largest absolute Gasteiger partial charge is 0.381 e. The predicted molar refractivity (Wildman–Crippen MR) is 80.8 cm³/mol. The van der Waals surface area contributed by atoms with Gasteiger partial charge in [-0.05, 0) is 32.4 Å². The minimum atomic E-state index is -0.520. The molecule has 0 saturated carbocycles. The molecule has 21 heavy (non-hydrogen) atoms. The van der Waals surface area contributed by atoms with Gasteiger partial charge in [0, 0.05) is 13.7 Å². The van der Waals surface area contributed by atoms with E-state index >= 15 is 0 Å². The third kappa shape index (κ3) is 2.53. The van der Waals surface area contributed by atoms with E-state index in [0.29, 0.717) is 13.2 Å². The molecule has 1 fully saturated rings. The van der Waals surface area contributed by atoms with Crippen LogP contribution in [0.5, 0.6) is 0 Å². The minimum absolute atomic E-state index is 0.0426. The average molecular weight is 287 g/mol. The molecule has 1 aliphatic heterocycles. The van der Waals surface area contributed by atoms with Crippen LogP contribution in [0.3, 0.4) is 0 Å². The van der Waals surface area contributed by atoms with Crippen molar-refractivity contribution in [1.29, 1.82) is 0 Å². The zero-order chi connectivity index (χ0) is 15.0. The van der Waals surface area contributed by atoms with Gasteiger partial charge < -0.3 is 14.6 Å². The van der Waals surface area contributed by atoms with Crippen molar-refractivity contribution in [2.45, 2.75) is 25.8 Å². The Labute approximate surface area is 124 Å². The van der Waals surface area contributed by atoms with Crippen molar-refractivity contribution in [3.8, 4) is 0 Å². The summed E-state index contributed by atoms with van der Waals surface area (Å²) in [6.45, 7) is 5.17. The second-order valence-electron chi connectivity index (χ2n) is 6.16. The van der Waals surface area contributed by atoms with E-state index in [1.165, 1.54) is 0 Å². The molecule has 1 aromatic heterocycles. The molecule has 1 amide bonds. The molecule has 0 spiro atoms. The molecule has 5 nitrogen and oxygen atoms in total. The molecule has 1 N–H and O–H groups in total. The van der Waals surface area contributed by atoms with E-state index < -0.39 is 5.54 Å². The molecule has 2 aromatic rings. The molecule has 3 rings (SSSR count). The summed E-state index contributed by atoms with van der Waals surface area (Å²) >= 11 is 0. The second-order valence-corrected chi connectivity index (χ2v) is 6.16. The summed E-state index contributed by atoms with van der Waals surface area (Å²) in [6.07, 6.45) is 0.796. The first-order chi connectivity index (χ1) is 9.99. The monoisotopic (exact) mass is 287 g/mol. The molecular formula is C16H21N3O2. The average Bonchev–Trinajstić information content (AvgIpc) is 3.07. The molecular weight excluding hydrogens is 266 g/mol. The Morgan fingerprint density at radius 3 is 2.86 bits per heavy atom. The first-order valence-corrected chi connectivity index (χ1v) is 7.31. The molecule has 5 heteroatoms. The van der Waals surface area contributed by atoms with Crippen molar-refractivity contribution in [2.75, 3.05) is 13.2 Å². The number of fused-ring (bicyclic) bond motifs is 1. The number of imidazole rings is 1. The topological polar surface area (TPSA) is 56.2 Å². The van der Waals surface area contributed by atoms with Gasteiger partial charge >= 0.3 is 0 Å². The van der Waals surface area contributed by atoms with Gasteiger partial charge in [0.05, 0.1) is 29.1 Å². The lowest BCUT2D eigenvalue weighted by atomic mass is 10.0. The fourth-order valence-electron chi connectivity index (χ4n) is 2.91. The van der Waals surface area contributed by atoms with Crippen LogP contribution in [0.2, 0.25) is 0 Å². The van der Waals surface area contributed by atoms with Gasteiger partial charge in [-0.1, -0.05) is 12.1 Å². The lowest BCUT2D eigenvalue weighted by molar-refractivity contribution is -0.126. The number of aryl methyl sites for hydroxylation is 1. The molecule has 2 heterocycles. The Morgan fingerprint density at radius 1 is 1.43 bits per heavy atom. The zero-order valence-corrected chi connectivity index (χ0v) is 12.7. The number of benzene rings is 1. The van der Waals surface area contributed by atoms with Gasteiger partial charge in [0.25, 0.3) is 0 Å². The highest BCUT2D eigenvalue weighted by Crippen LogP contribution is 2.25. The summed E-state index contributed by atoms with van der Waals surface area (Å²) in [5.74, 6) is 0.861. The van der Waals surface area contributed by atoms with Gasteiger partial charge in [-0.15, -0.1) is 0 Å². The van der Waals surface area contributed by atoms with Crippen molar-refractivity contribution in [3.05, 3.63) is 30.1 Å². The van der Waals surface area contributed by atoms with Crippen LogP contribution in [-0.4, -0.2) is 28.7 Å². The van der Waals surface area contributed by atoms with E-state index in [2.05, 4.69) is 10.3 Å². The van der Waals surface area contributed by atoms with Crippen molar-refractivity contribution in [1.82, 2.24) is 14.9 Å². The summed E-state index contributed by atoms with van der Waals surface area (Å²) < 4.78 is 7.33. The van der Waals surface area contributed by atoms with E-state index in [-0.39, 0.29) is 11.8 Å². The quantitative estimate of drug-likeness (QED) is 0.939. The molecule has 0 bridgehead atoms. The number of nitrogens with one attached hydrogen (secondary N) is 1. The molecule has 0 radical (unpaired) electrons. The van der Waals surface area contributed by atoms with Crippen LogP contribution in [0.25, 0.3) is 11.0 Å². The smallest absolute Gasteiger partial charge is 0.226 e. The number of rotatable bonds is 3. The van der Waals surface area contributed by atoms with E-state index in [1.54, 1.807) is 0 Å². The minimum Gasteiger partial charge on any atom is -0.381 e. The van der Waals surface area contributed by atoms with Crippen LogP contribution >= 0.6 is 0 Å². The fraction of sp³-hybridized carbons (Fsp3) is 0.500. The lowest BCUT2D eigenvalue weighted by Gasteiger charge is -2.27. The SMILES string of the molecule is Cn1c(C(C)(C)NC(=O)C2CCOC2)nc2ccccc21. The van der Waals surface area contributed by atoms with Gasteiger partial charge in [0.2, 0.25) is 5.91 Å². The fourth-order valence-corrected chi connectivity index (χ4v) is 2.91. The third-order valence-electron chi connectivity index (χ3n) is 4.08. The molecule has 0 aliphatic carbocycles. The molecule has 1 saturated heterocycles. The summed E-state index contributed by atoms with van der Waals surface area (Å²) in [7, 11) is 1.98. The highest BCUT2D eigenvalue weighted by Gasteiger charge is 2.32. The summed E-state index contributed by atoms with van der Waals surface area (Å²) in [4.78, 5) is 17.0. The summed E-state index contributed by atoms with van der Waals surface area (Å²) in [5, 5.41) is 3.11. The Hall–Kier alpha value is -1.88. The molecule has 1 atom stereocenters. The number of carbonyl (C=O) groups is 1. The number of para-hydroxylation sites is 2. The maximum Gasteiger partial charge on any atom is 0.226 e. The number of aromatic nitrogens is 2. The summed E-state index contributed by atoms with van der Waals surface area (Å²) in [5.41, 5.74) is 1.49. The number of hydrogen-bond acceptors (Lipinski definition) is 3. The first-order valence-electron chi connectivity index (χ1n) is 7.31. The van der Waals surface area contributed by atoms with Gasteiger partial charge in [-0.2, -0.15) is 0 Å². The van der Waals surface area contributed by atoms with Crippen LogP contribution in [0.4, 0.5) is 0 Å². The van der Waals surface area contributed by atoms with Crippen LogP contribution in [0.1, 0.15) is 26.1 Å². The van der Waals surface area contributed by atoms with Crippen molar-refractivity contribution in [3.63, 3.8) is 0 Å². The van der Waals surface area contributed by atoms with Crippen LogP contribution in [0.15, 0.2) is 24.3 Å². The van der Waals surface area contributed by atoms with Crippen LogP contribution in [0, 0.1) is 5.92 Å². The van der Waals surface area contributed by atoms with E-state index in [0.717, 1.165) is 23.3 Å². The first kappa shape index (κ1) is 14.1. The van der Waals surface area contributed by atoms with Gasteiger partial charge in [-0.25, -0.2) is 4.98 Å². The van der Waals surface area contributed by atoms with E-state index in [1.807, 2.05) is 49.7 Å². The van der Waals surface area contributed by atoms with Gasteiger partial charge in [0.1, 0.15) is 5.82 Å². The molecule has 1 aromatic carbocycles. The number of carbonyl (C=O) groups excluding carboxylic acids is 1. The van der Waals surface area contributed by atoms with Crippen LogP contribution < -0.4 is 5.32 Å². The molecule has 112 valence electrons.